The lowest BCUT2D eigenvalue weighted by Crippen LogP contribution is -2.31. The van der Waals surface area contributed by atoms with Crippen LogP contribution in [-0.4, -0.2) is 39.5 Å². The van der Waals surface area contributed by atoms with Gasteiger partial charge in [-0.15, -0.1) is 0 Å². The molecule has 0 aliphatic heterocycles. The van der Waals surface area contributed by atoms with Crippen molar-refractivity contribution in [2.75, 3.05) is 32.1 Å². The SMILES string of the molecule is CCc1cccc(C(F)(F)F)c1.CCc1ccccc1.CN(C)c1cccc(C(=O)NCCNC=O)c1. The van der Waals surface area contributed by atoms with Crippen molar-refractivity contribution in [1.82, 2.24) is 10.6 Å². The Balaban J connectivity index is 0.000000297. The summed E-state index contributed by atoms with van der Waals surface area (Å²) in [4.78, 5) is 23.7. The van der Waals surface area contributed by atoms with Gasteiger partial charge in [-0.05, 0) is 48.2 Å². The van der Waals surface area contributed by atoms with Crippen molar-refractivity contribution in [1.29, 1.82) is 0 Å². The van der Waals surface area contributed by atoms with Gasteiger partial charge in [-0.2, -0.15) is 13.2 Å². The van der Waals surface area contributed by atoms with Gasteiger partial charge in [-0.1, -0.05) is 68.4 Å². The molecule has 2 amide bonds. The summed E-state index contributed by atoms with van der Waals surface area (Å²) in [6, 6.07) is 23.2. The van der Waals surface area contributed by atoms with Crippen LogP contribution in [0.2, 0.25) is 0 Å². The number of hydrogen-bond donors (Lipinski definition) is 2. The molecule has 3 aromatic carbocycles. The Bertz CT molecular complexity index is 1070. The molecule has 0 bridgehead atoms. The molecule has 0 heterocycles. The Hall–Kier alpha value is -3.81. The molecule has 0 atom stereocenters. The lowest BCUT2D eigenvalue weighted by atomic mass is 10.1. The first-order valence-corrected chi connectivity index (χ1v) is 12.0. The van der Waals surface area contributed by atoms with E-state index in [9.17, 15) is 22.8 Å². The minimum absolute atomic E-state index is 0.138. The van der Waals surface area contributed by atoms with E-state index in [-0.39, 0.29) is 5.91 Å². The van der Waals surface area contributed by atoms with Crippen LogP contribution in [0.3, 0.4) is 0 Å². The number of aryl methyl sites for hydroxylation is 2. The highest BCUT2D eigenvalue weighted by Gasteiger charge is 2.30. The van der Waals surface area contributed by atoms with Crippen molar-refractivity contribution in [2.45, 2.75) is 32.9 Å². The number of rotatable bonds is 8. The summed E-state index contributed by atoms with van der Waals surface area (Å²) >= 11 is 0. The Kier molecular flexibility index (Phi) is 14.2. The van der Waals surface area contributed by atoms with E-state index in [0.717, 1.165) is 18.2 Å². The second-order valence-corrected chi connectivity index (χ2v) is 8.16. The highest BCUT2D eigenvalue weighted by atomic mass is 19.4. The molecule has 0 saturated heterocycles. The standard InChI is InChI=1S/C12H17N3O2.C9H9F3.C8H10/c1-15(2)11-5-3-4-10(8-11)12(17)14-7-6-13-9-16;1-2-7-4-3-5-8(6-7)9(10,11)12;1-2-8-6-4-3-5-7-8/h3-5,8-9H,6-7H2,1-2H3,(H,13,16)(H,14,17);3-6H,2H2,1H3;3-7H,2H2,1H3. The number of anilines is 1. The second kappa shape index (κ2) is 16.8. The Morgan fingerprint density at radius 2 is 1.46 bits per heavy atom. The minimum Gasteiger partial charge on any atom is -0.378 e. The molecule has 200 valence electrons. The van der Waals surface area contributed by atoms with Crippen LogP contribution in [0, 0.1) is 0 Å². The molecule has 0 fully saturated rings. The molecular formula is C29H36F3N3O2. The molecule has 3 aromatic rings. The van der Waals surface area contributed by atoms with Gasteiger partial charge in [0.2, 0.25) is 6.41 Å². The number of halogens is 3. The molecule has 0 radical (unpaired) electrons. The summed E-state index contributed by atoms with van der Waals surface area (Å²) in [7, 11) is 3.84. The van der Waals surface area contributed by atoms with Crippen LogP contribution in [0.25, 0.3) is 0 Å². The lowest BCUT2D eigenvalue weighted by molar-refractivity contribution is -0.137. The highest BCUT2D eigenvalue weighted by molar-refractivity contribution is 5.95. The van der Waals surface area contributed by atoms with Crippen LogP contribution in [-0.2, 0) is 23.8 Å². The maximum Gasteiger partial charge on any atom is 0.416 e. The van der Waals surface area contributed by atoms with Crippen LogP contribution in [0.1, 0.15) is 40.9 Å². The van der Waals surface area contributed by atoms with Crippen LogP contribution in [0.5, 0.6) is 0 Å². The van der Waals surface area contributed by atoms with Crippen molar-refractivity contribution >= 4 is 18.0 Å². The van der Waals surface area contributed by atoms with Gasteiger partial charge in [0.1, 0.15) is 0 Å². The number of alkyl halides is 3. The molecule has 0 spiro atoms. The molecule has 0 aromatic heterocycles. The Labute approximate surface area is 217 Å². The van der Waals surface area contributed by atoms with E-state index < -0.39 is 11.7 Å². The van der Waals surface area contributed by atoms with E-state index in [4.69, 9.17) is 0 Å². The number of carbonyl (C=O) groups is 2. The van der Waals surface area contributed by atoms with Crippen LogP contribution in [0.15, 0.2) is 78.9 Å². The van der Waals surface area contributed by atoms with E-state index >= 15 is 0 Å². The number of carbonyl (C=O) groups excluding carboxylic acids is 2. The minimum atomic E-state index is -4.22. The maximum atomic E-state index is 12.1. The van der Waals surface area contributed by atoms with Crippen LogP contribution < -0.4 is 15.5 Å². The third-order valence-corrected chi connectivity index (χ3v) is 5.18. The average Bonchev–Trinajstić information content (AvgIpc) is 2.91. The summed E-state index contributed by atoms with van der Waals surface area (Å²) in [5.41, 5.74) is 3.14. The number of nitrogens with zero attached hydrogens (tertiary/aromatic N) is 1. The van der Waals surface area contributed by atoms with Crippen LogP contribution >= 0.6 is 0 Å². The largest absolute Gasteiger partial charge is 0.416 e. The van der Waals surface area contributed by atoms with Crippen molar-refractivity contribution in [2.24, 2.45) is 0 Å². The third-order valence-electron chi connectivity index (χ3n) is 5.18. The van der Waals surface area contributed by atoms with Gasteiger partial charge in [0, 0.05) is 38.4 Å². The zero-order chi connectivity index (χ0) is 27.7. The zero-order valence-electron chi connectivity index (χ0n) is 21.8. The van der Waals surface area contributed by atoms with Crippen molar-refractivity contribution in [3.05, 3.63) is 101 Å². The number of nitrogens with one attached hydrogen (secondary N) is 2. The summed E-state index contributed by atoms with van der Waals surface area (Å²) in [5.74, 6) is -0.138. The topological polar surface area (TPSA) is 61.4 Å². The highest BCUT2D eigenvalue weighted by Crippen LogP contribution is 2.29. The van der Waals surface area contributed by atoms with E-state index in [1.54, 1.807) is 12.1 Å². The molecule has 0 unspecified atom stereocenters. The van der Waals surface area contributed by atoms with Gasteiger partial charge in [-0.25, -0.2) is 0 Å². The van der Waals surface area contributed by atoms with Crippen molar-refractivity contribution in [3.63, 3.8) is 0 Å². The third kappa shape index (κ3) is 12.6. The second-order valence-electron chi connectivity index (χ2n) is 8.16. The fraction of sp³-hybridized carbons (Fsp3) is 0.310. The normalized spacial score (nSPS) is 10.1. The predicted molar refractivity (Wildman–Crippen MR) is 144 cm³/mol. The fourth-order valence-corrected chi connectivity index (χ4v) is 3.02. The zero-order valence-corrected chi connectivity index (χ0v) is 21.8. The molecule has 0 saturated carbocycles. The predicted octanol–water partition coefficient (Wildman–Crippen LogP) is 5.75. The molecule has 0 aliphatic rings. The Morgan fingerprint density at radius 3 is 2.00 bits per heavy atom. The van der Waals surface area contributed by atoms with E-state index in [1.807, 2.05) is 50.2 Å². The molecule has 5 nitrogen and oxygen atoms in total. The summed E-state index contributed by atoms with van der Waals surface area (Å²) in [6.07, 6.45) is -1.84. The van der Waals surface area contributed by atoms with Crippen molar-refractivity contribution < 1.29 is 22.8 Å². The molecule has 2 N–H and O–H groups in total. The Morgan fingerprint density at radius 1 is 0.838 bits per heavy atom. The van der Waals surface area contributed by atoms with Gasteiger partial charge in [0.05, 0.1) is 5.56 Å². The molecular weight excluding hydrogens is 479 g/mol. The first-order chi connectivity index (χ1) is 17.6. The van der Waals surface area contributed by atoms with Gasteiger partial charge >= 0.3 is 6.18 Å². The average molecular weight is 516 g/mol. The summed E-state index contributed by atoms with van der Waals surface area (Å²) in [6.45, 7) is 4.84. The number of hydrogen-bond acceptors (Lipinski definition) is 3. The first-order valence-electron chi connectivity index (χ1n) is 12.0. The van der Waals surface area contributed by atoms with Crippen LogP contribution in [0.4, 0.5) is 18.9 Å². The monoisotopic (exact) mass is 515 g/mol. The molecule has 37 heavy (non-hydrogen) atoms. The number of benzene rings is 3. The fourth-order valence-electron chi connectivity index (χ4n) is 3.02. The molecule has 8 heteroatoms. The van der Waals surface area contributed by atoms with Gasteiger partial charge in [0.15, 0.2) is 0 Å². The maximum absolute atomic E-state index is 12.1. The van der Waals surface area contributed by atoms with Gasteiger partial charge in [0.25, 0.3) is 5.91 Å². The molecule has 0 aliphatic carbocycles. The molecule has 3 rings (SSSR count). The van der Waals surface area contributed by atoms with E-state index in [0.29, 0.717) is 37.0 Å². The van der Waals surface area contributed by atoms with Crippen molar-refractivity contribution in [3.8, 4) is 0 Å². The quantitative estimate of drug-likeness (QED) is 0.297. The number of amides is 2. The van der Waals surface area contributed by atoms with Gasteiger partial charge < -0.3 is 15.5 Å². The smallest absolute Gasteiger partial charge is 0.378 e. The summed E-state index contributed by atoms with van der Waals surface area (Å²) in [5, 5.41) is 5.20. The lowest BCUT2D eigenvalue weighted by Gasteiger charge is -2.13. The van der Waals surface area contributed by atoms with E-state index in [2.05, 4.69) is 41.8 Å². The van der Waals surface area contributed by atoms with E-state index in [1.165, 1.54) is 17.7 Å². The summed E-state index contributed by atoms with van der Waals surface area (Å²) < 4.78 is 36.3. The van der Waals surface area contributed by atoms with Gasteiger partial charge in [-0.3, -0.25) is 9.59 Å². The first kappa shape index (κ1) is 31.2.